The van der Waals surface area contributed by atoms with E-state index in [2.05, 4.69) is 44.4 Å². The first-order valence-electron chi connectivity index (χ1n) is 10.1. The van der Waals surface area contributed by atoms with E-state index < -0.39 is 0 Å². The summed E-state index contributed by atoms with van der Waals surface area (Å²) in [6.07, 6.45) is 6.44. The Kier molecular flexibility index (Phi) is 9.68. The Labute approximate surface area is 181 Å². The first-order chi connectivity index (χ1) is 12.8. The molecule has 2 aliphatic heterocycles. The van der Waals surface area contributed by atoms with Gasteiger partial charge >= 0.3 is 0 Å². The number of nitrogens with zero attached hydrogens (tertiary/aromatic N) is 3. The minimum Gasteiger partial charge on any atom is -0.497 e. The highest BCUT2D eigenvalue weighted by Crippen LogP contribution is 2.28. The molecule has 0 saturated carbocycles. The number of halogens is 1. The van der Waals surface area contributed by atoms with E-state index >= 15 is 0 Å². The summed E-state index contributed by atoms with van der Waals surface area (Å²) in [5.41, 5.74) is 1.40. The number of hydrogen-bond acceptors (Lipinski definition) is 3. The molecule has 27 heavy (non-hydrogen) atoms. The molecule has 2 aliphatic rings. The number of methoxy groups -OCH3 is 1. The fourth-order valence-electron chi connectivity index (χ4n) is 4.10. The third-order valence-corrected chi connectivity index (χ3v) is 5.67. The number of likely N-dealkylation sites (tertiary alicyclic amines) is 2. The molecule has 2 saturated heterocycles. The lowest BCUT2D eigenvalue weighted by molar-refractivity contribution is 0.330. The summed E-state index contributed by atoms with van der Waals surface area (Å²) in [7, 11) is 3.61. The number of benzene rings is 1. The van der Waals surface area contributed by atoms with Gasteiger partial charge in [-0.2, -0.15) is 0 Å². The van der Waals surface area contributed by atoms with Crippen LogP contribution in [0.15, 0.2) is 29.3 Å². The maximum absolute atomic E-state index is 5.26. The first kappa shape index (κ1) is 22.3. The minimum absolute atomic E-state index is 0. The summed E-state index contributed by atoms with van der Waals surface area (Å²) in [5.74, 6) is 2.56. The average molecular weight is 486 g/mol. The molecule has 1 aromatic rings. The van der Waals surface area contributed by atoms with Crippen LogP contribution < -0.4 is 10.1 Å². The van der Waals surface area contributed by atoms with Crippen molar-refractivity contribution in [2.45, 2.75) is 38.0 Å². The van der Waals surface area contributed by atoms with Gasteiger partial charge in [0.05, 0.1) is 7.11 Å². The van der Waals surface area contributed by atoms with Gasteiger partial charge in [0.1, 0.15) is 5.75 Å². The zero-order chi connectivity index (χ0) is 18.2. The van der Waals surface area contributed by atoms with E-state index in [4.69, 9.17) is 4.74 Å². The largest absolute Gasteiger partial charge is 0.497 e. The molecule has 0 aromatic heterocycles. The van der Waals surface area contributed by atoms with Gasteiger partial charge in [-0.15, -0.1) is 24.0 Å². The van der Waals surface area contributed by atoms with E-state index in [0.29, 0.717) is 5.92 Å². The molecule has 0 bridgehead atoms. The number of guanidine groups is 1. The van der Waals surface area contributed by atoms with E-state index in [-0.39, 0.29) is 24.0 Å². The van der Waals surface area contributed by atoms with Gasteiger partial charge < -0.3 is 19.9 Å². The molecular weight excluding hydrogens is 451 g/mol. The second-order valence-corrected chi connectivity index (χ2v) is 7.43. The van der Waals surface area contributed by atoms with Gasteiger partial charge in [-0.05, 0) is 69.4 Å². The average Bonchev–Trinajstić information content (AvgIpc) is 3.37. The lowest BCUT2D eigenvalue weighted by atomic mass is 9.98. The third kappa shape index (κ3) is 6.52. The summed E-state index contributed by atoms with van der Waals surface area (Å²) in [6, 6.07) is 8.51. The van der Waals surface area contributed by atoms with Crippen LogP contribution in [-0.4, -0.2) is 69.2 Å². The molecule has 0 aliphatic carbocycles. The second-order valence-electron chi connectivity index (χ2n) is 7.43. The second kappa shape index (κ2) is 11.7. The van der Waals surface area contributed by atoms with Crippen molar-refractivity contribution in [3.05, 3.63) is 29.8 Å². The monoisotopic (exact) mass is 486 g/mol. The van der Waals surface area contributed by atoms with Crippen molar-refractivity contribution < 1.29 is 4.74 Å². The lowest BCUT2D eigenvalue weighted by Gasteiger charge is -2.22. The molecule has 2 fully saturated rings. The van der Waals surface area contributed by atoms with Gasteiger partial charge in [0.15, 0.2) is 5.96 Å². The van der Waals surface area contributed by atoms with E-state index in [1.165, 1.54) is 57.3 Å². The Hall–Kier alpha value is -1.02. The summed E-state index contributed by atoms with van der Waals surface area (Å²) >= 11 is 0. The molecule has 6 heteroatoms. The summed E-state index contributed by atoms with van der Waals surface area (Å²) in [4.78, 5) is 9.49. The van der Waals surface area contributed by atoms with Crippen molar-refractivity contribution in [1.82, 2.24) is 15.1 Å². The molecule has 1 unspecified atom stereocenters. The van der Waals surface area contributed by atoms with Gasteiger partial charge in [-0.3, -0.25) is 4.99 Å². The van der Waals surface area contributed by atoms with Crippen molar-refractivity contribution in [2.75, 3.05) is 53.4 Å². The molecule has 152 valence electrons. The number of rotatable bonds is 7. The molecule has 0 radical (unpaired) electrons. The normalized spacial score (nSPS) is 20.6. The maximum atomic E-state index is 5.26. The van der Waals surface area contributed by atoms with Gasteiger partial charge in [0.2, 0.25) is 0 Å². The van der Waals surface area contributed by atoms with E-state index in [9.17, 15) is 0 Å². The van der Waals surface area contributed by atoms with Crippen molar-refractivity contribution in [3.63, 3.8) is 0 Å². The van der Waals surface area contributed by atoms with Gasteiger partial charge in [0.25, 0.3) is 0 Å². The number of hydrogen-bond donors (Lipinski definition) is 1. The van der Waals surface area contributed by atoms with Gasteiger partial charge in [-0.25, -0.2) is 0 Å². The topological polar surface area (TPSA) is 40.1 Å². The Morgan fingerprint density at radius 1 is 1.15 bits per heavy atom. The Bertz CT molecular complexity index is 572. The van der Waals surface area contributed by atoms with Crippen LogP contribution >= 0.6 is 24.0 Å². The zero-order valence-electron chi connectivity index (χ0n) is 16.8. The van der Waals surface area contributed by atoms with Crippen molar-refractivity contribution >= 4 is 29.9 Å². The lowest BCUT2D eigenvalue weighted by Crippen LogP contribution is -2.40. The maximum Gasteiger partial charge on any atom is 0.193 e. The highest BCUT2D eigenvalue weighted by molar-refractivity contribution is 14.0. The van der Waals surface area contributed by atoms with E-state index in [0.717, 1.165) is 31.3 Å². The number of unbranched alkanes of at least 4 members (excludes halogenated alkanes) is 1. The van der Waals surface area contributed by atoms with Crippen molar-refractivity contribution in [3.8, 4) is 5.75 Å². The minimum atomic E-state index is 0. The summed E-state index contributed by atoms with van der Waals surface area (Å²) in [6.45, 7) is 6.99. The van der Waals surface area contributed by atoms with Crippen LogP contribution in [0.4, 0.5) is 0 Å². The Morgan fingerprint density at radius 2 is 1.89 bits per heavy atom. The highest BCUT2D eigenvalue weighted by atomic mass is 127. The van der Waals surface area contributed by atoms with Crippen LogP contribution in [-0.2, 0) is 0 Å². The SMILES string of the molecule is CN=C(NCCCCN1CCCC1)N1CCC(c2ccc(OC)cc2)C1.I. The Morgan fingerprint density at radius 3 is 2.56 bits per heavy atom. The third-order valence-electron chi connectivity index (χ3n) is 5.67. The molecule has 0 spiro atoms. The fraction of sp³-hybridized carbons (Fsp3) is 0.667. The molecule has 1 aromatic carbocycles. The highest BCUT2D eigenvalue weighted by Gasteiger charge is 2.25. The summed E-state index contributed by atoms with van der Waals surface area (Å²) < 4.78 is 5.26. The smallest absolute Gasteiger partial charge is 0.193 e. The molecule has 1 N–H and O–H groups in total. The molecule has 1 atom stereocenters. The van der Waals surface area contributed by atoms with E-state index in [1.54, 1.807) is 7.11 Å². The van der Waals surface area contributed by atoms with Crippen LogP contribution in [0, 0.1) is 0 Å². The Balaban J connectivity index is 0.00000261. The van der Waals surface area contributed by atoms with Crippen LogP contribution in [0.1, 0.15) is 43.6 Å². The van der Waals surface area contributed by atoms with Crippen LogP contribution in [0.25, 0.3) is 0 Å². The molecule has 0 amide bonds. The molecular formula is C21H35IN4O. The molecule has 2 heterocycles. The van der Waals surface area contributed by atoms with Crippen molar-refractivity contribution in [2.24, 2.45) is 4.99 Å². The molecule has 5 nitrogen and oxygen atoms in total. The zero-order valence-corrected chi connectivity index (χ0v) is 19.2. The number of ether oxygens (including phenoxy) is 1. The molecule has 3 rings (SSSR count). The van der Waals surface area contributed by atoms with Crippen LogP contribution in [0.3, 0.4) is 0 Å². The number of aliphatic imine (C=N–C) groups is 1. The van der Waals surface area contributed by atoms with Gasteiger partial charge in [0, 0.05) is 32.6 Å². The predicted octanol–water partition coefficient (Wildman–Crippen LogP) is 3.55. The first-order valence-corrected chi connectivity index (χ1v) is 10.1. The fourth-order valence-corrected chi connectivity index (χ4v) is 4.10. The van der Waals surface area contributed by atoms with E-state index in [1.807, 2.05) is 7.05 Å². The van der Waals surface area contributed by atoms with Crippen molar-refractivity contribution in [1.29, 1.82) is 0 Å². The quantitative estimate of drug-likeness (QED) is 0.277. The standard InChI is InChI=1S/C21H34N4O.HI/c1-22-21(23-12-3-4-13-24-14-5-6-15-24)25-16-11-19(17-25)18-7-9-20(26-2)10-8-18;/h7-10,19H,3-6,11-17H2,1-2H3,(H,22,23);1H. The number of nitrogens with one attached hydrogen (secondary N) is 1. The van der Waals surface area contributed by atoms with Gasteiger partial charge in [-0.1, -0.05) is 12.1 Å². The van der Waals surface area contributed by atoms with Crippen LogP contribution in [0.5, 0.6) is 5.75 Å². The van der Waals surface area contributed by atoms with Crippen LogP contribution in [0.2, 0.25) is 0 Å². The summed E-state index contributed by atoms with van der Waals surface area (Å²) in [5, 5.41) is 3.56. The predicted molar refractivity (Wildman–Crippen MR) is 124 cm³/mol.